The highest BCUT2D eigenvalue weighted by molar-refractivity contribution is 5.84. The quantitative estimate of drug-likeness (QED) is 0.909. The van der Waals surface area contributed by atoms with E-state index in [4.69, 9.17) is 0 Å². The largest absolute Gasteiger partial charge is 0.351 e. The van der Waals surface area contributed by atoms with E-state index in [0.29, 0.717) is 19.5 Å². The topological polar surface area (TPSA) is 49.4 Å². The molecule has 0 bridgehead atoms. The van der Waals surface area contributed by atoms with Gasteiger partial charge in [0.25, 0.3) is 0 Å². The van der Waals surface area contributed by atoms with Crippen LogP contribution in [0.2, 0.25) is 0 Å². The predicted molar refractivity (Wildman–Crippen MR) is 87.1 cm³/mol. The van der Waals surface area contributed by atoms with Gasteiger partial charge < -0.3 is 10.2 Å². The summed E-state index contributed by atoms with van der Waals surface area (Å²) in [5.41, 5.74) is 0.616. The first kappa shape index (κ1) is 16.5. The molecule has 1 aromatic carbocycles. The lowest BCUT2D eigenvalue weighted by atomic mass is 9.80. The van der Waals surface area contributed by atoms with E-state index < -0.39 is 5.41 Å². The van der Waals surface area contributed by atoms with Crippen molar-refractivity contribution in [1.82, 2.24) is 10.2 Å². The van der Waals surface area contributed by atoms with Crippen LogP contribution in [0.3, 0.4) is 0 Å². The lowest BCUT2D eigenvalue weighted by molar-refractivity contribution is -0.140. The zero-order valence-electron chi connectivity index (χ0n) is 13.6. The van der Waals surface area contributed by atoms with Gasteiger partial charge in [0.2, 0.25) is 11.8 Å². The molecule has 0 spiro atoms. The Hall–Kier alpha value is -1.84. The third-order valence-electron chi connectivity index (χ3n) is 4.36. The van der Waals surface area contributed by atoms with Crippen LogP contribution in [0, 0.1) is 5.41 Å². The second-order valence-electron chi connectivity index (χ2n) is 6.40. The van der Waals surface area contributed by atoms with Crippen LogP contribution >= 0.6 is 0 Å². The molecule has 0 saturated carbocycles. The zero-order chi connectivity index (χ0) is 16.0. The highest BCUT2D eigenvalue weighted by Gasteiger charge is 2.38. The molecule has 1 aromatic rings. The SMILES string of the molecule is CCCC(=O)N1CCC[C@](C)(C(=O)NCc2ccccc2)C1. The molecule has 1 N–H and O–H groups in total. The van der Waals surface area contributed by atoms with Crippen molar-refractivity contribution in [3.8, 4) is 0 Å². The molecule has 4 heteroatoms. The maximum atomic E-state index is 12.6. The second-order valence-corrected chi connectivity index (χ2v) is 6.40. The summed E-state index contributed by atoms with van der Waals surface area (Å²) in [6.07, 6.45) is 3.15. The van der Waals surface area contributed by atoms with E-state index in [0.717, 1.165) is 31.4 Å². The highest BCUT2D eigenvalue weighted by Crippen LogP contribution is 2.30. The molecule has 1 atom stereocenters. The van der Waals surface area contributed by atoms with Crippen LogP contribution in [0.1, 0.15) is 45.1 Å². The van der Waals surface area contributed by atoms with Gasteiger partial charge in [-0.05, 0) is 31.7 Å². The van der Waals surface area contributed by atoms with Crippen LogP contribution in [0.15, 0.2) is 30.3 Å². The van der Waals surface area contributed by atoms with Crippen molar-refractivity contribution in [1.29, 1.82) is 0 Å². The average Bonchev–Trinajstić information content (AvgIpc) is 2.54. The summed E-state index contributed by atoms with van der Waals surface area (Å²) in [5.74, 6) is 0.217. The van der Waals surface area contributed by atoms with Gasteiger partial charge in [0.1, 0.15) is 0 Å². The van der Waals surface area contributed by atoms with Gasteiger partial charge in [0, 0.05) is 26.1 Å². The Morgan fingerprint density at radius 2 is 2.00 bits per heavy atom. The number of likely N-dealkylation sites (tertiary alicyclic amines) is 1. The minimum Gasteiger partial charge on any atom is -0.351 e. The summed E-state index contributed by atoms with van der Waals surface area (Å²) < 4.78 is 0. The minimum atomic E-state index is -0.476. The summed E-state index contributed by atoms with van der Waals surface area (Å²) in [4.78, 5) is 26.5. The van der Waals surface area contributed by atoms with Crippen LogP contribution in [0.4, 0.5) is 0 Å². The molecular weight excluding hydrogens is 276 g/mol. The maximum Gasteiger partial charge on any atom is 0.227 e. The fourth-order valence-corrected chi connectivity index (χ4v) is 3.00. The zero-order valence-corrected chi connectivity index (χ0v) is 13.6. The van der Waals surface area contributed by atoms with Crippen molar-refractivity contribution in [2.24, 2.45) is 5.41 Å². The molecule has 1 heterocycles. The van der Waals surface area contributed by atoms with Crippen molar-refractivity contribution in [3.63, 3.8) is 0 Å². The number of amides is 2. The monoisotopic (exact) mass is 302 g/mol. The number of rotatable bonds is 5. The maximum absolute atomic E-state index is 12.6. The minimum absolute atomic E-state index is 0.0466. The van der Waals surface area contributed by atoms with E-state index in [1.807, 2.05) is 49.1 Å². The molecule has 0 unspecified atom stereocenters. The molecule has 2 amide bonds. The van der Waals surface area contributed by atoms with E-state index >= 15 is 0 Å². The summed E-state index contributed by atoms with van der Waals surface area (Å²) >= 11 is 0. The highest BCUT2D eigenvalue weighted by atomic mass is 16.2. The summed E-state index contributed by atoms with van der Waals surface area (Å²) in [5, 5.41) is 3.02. The van der Waals surface area contributed by atoms with Gasteiger partial charge in [-0.15, -0.1) is 0 Å². The van der Waals surface area contributed by atoms with Crippen molar-refractivity contribution in [2.45, 2.75) is 46.1 Å². The molecule has 4 nitrogen and oxygen atoms in total. The molecule has 1 aliphatic heterocycles. The third kappa shape index (κ3) is 4.09. The summed E-state index contributed by atoms with van der Waals surface area (Å²) in [7, 11) is 0. The first-order chi connectivity index (χ1) is 10.5. The van der Waals surface area contributed by atoms with Gasteiger partial charge in [0.15, 0.2) is 0 Å². The van der Waals surface area contributed by atoms with Crippen molar-refractivity contribution in [3.05, 3.63) is 35.9 Å². The first-order valence-corrected chi connectivity index (χ1v) is 8.15. The first-order valence-electron chi connectivity index (χ1n) is 8.15. The fourth-order valence-electron chi connectivity index (χ4n) is 3.00. The molecular formula is C18H26N2O2. The van der Waals surface area contributed by atoms with E-state index in [2.05, 4.69) is 5.32 Å². The van der Waals surface area contributed by atoms with Gasteiger partial charge in [-0.25, -0.2) is 0 Å². The lowest BCUT2D eigenvalue weighted by Crippen LogP contribution is -2.51. The number of nitrogens with one attached hydrogen (secondary N) is 1. The predicted octanol–water partition coefficient (Wildman–Crippen LogP) is 2.73. The van der Waals surface area contributed by atoms with Crippen LogP contribution in [-0.2, 0) is 16.1 Å². The van der Waals surface area contributed by atoms with Crippen LogP contribution in [0.5, 0.6) is 0 Å². The molecule has 0 radical (unpaired) electrons. The van der Waals surface area contributed by atoms with E-state index in [9.17, 15) is 9.59 Å². The van der Waals surface area contributed by atoms with Crippen molar-refractivity contribution < 1.29 is 9.59 Å². The summed E-state index contributed by atoms with van der Waals surface area (Å²) in [6.45, 7) is 5.83. The Morgan fingerprint density at radius 1 is 1.27 bits per heavy atom. The average molecular weight is 302 g/mol. The molecule has 1 aliphatic rings. The Bertz CT molecular complexity index is 515. The molecule has 1 fully saturated rings. The van der Waals surface area contributed by atoms with Crippen LogP contribution < -0.4 is 5.32 Å². The third-order valence-corrected chi connectivity index (χ3v) is 4.36. The summed E-state index contributed by atoms with van der Waals surface area (Å²) in [6, 6.07) is 9.90. The van der Waals surface area contributed by atoms with Gasteiger partial charge in [-0.3, -0.25) is 9.59 Å². The Balaban J connectivity index is 1.93. The van der Waals surface area contributed by atoms with E-state index in [1.165, 1.54) is 0 Å². The lowest BCUT2D eigenvalue weighted by Gasteiger charge is -2.39. The molecule has 120 valence electrons. The smallest absolute Gasteiger partial charge is 0.227 e. The van der Waals surface area contributed by atoms with Gasteiger partial charge in [0.05, 0.1) is 5.41 Å². The van der Waals surface area contributed by atoms with Crippen molar-refractivity contribution in [2.75, 3.05) is 13.1 Å². The number of hydrogen-bond donors (Lipinski definition) is 1. The van der Waals surface area contributed by atoms with E-state index in [1.54, 1.807) is 0 Å². The number of carbonyl (C=O) groups is 2. The molecule has 2 rings (SSSR count). The van der Waals surface area contributed by atoms with Gasteiger partial charge in [-0.1, -0.05) is 37.3 Å². The number of hydrogen-bond acceptors (Lipinski definition) is 2. The molecule has 0 aromatic heterocycles. The normalized spacial score (nSPS) is 21.5. The van der Waals surface area contributed by atoms with Crippen LogP contribution in [0.25, 0.3) is 0 Å². The number of piperidine rings is 1. The van der Waals surface area contributed by atoms with E-state index in [-0.39, 0.29) is 11.8 Å². The van der Waals surface area contributed by atoms with Gasteiger partial charge >= 0.3 is 0 Å². The Labute approximate surface area is 132 Å². The molecule has 0 aliphatic carbocycles. The standard InChI is InChI=1S/C18H26N2O2/c1-3-8-16(21)20-12-7-11-18(2,14-20)17(22)19-13-15-9-5-4-6-10-15/h4-6,9-10H,3,7-8,11-14H2,1-2H3,(H,19,22)/t18-/m0/s1. The number of nitrogens with zero attached hydrogens (tertiary/aromatic N) is 1. The number of carbonyl (C=O) groups excluding carboxylic acids is 2. The second kappa shape index (κ2) is 7.43. The van der Waals surface area contributed by atoms with Crippen molar-refractivity contribution >= 4 is 11.8 Å². The number of benzene rings is 1. The Morgan fingerprint density at radius 3 is 2.68 bits per heavy atom. The molecule has 22 heavy (non-hydrogen) atoms. The molecule has 1 saturated heterocycles. The van der Waals surface area contributed by atoms with Crippen LogP contribution in [-0.4, -0.2) is 29.8 Å². The Kier molecular flexibility index (Phi) is 5.58. The van der Waals surface area contributed by atoms with Gasteiger partial charge in [-0.2, -0.15) is 0 Å². The fraction of sp³-hybridized carbons (Fsp3) is 0.556.